The molecule has 0 unspecified atom stereocenters. The van der Waals surface area contributed by atoms with E-state index in [-0.39, 0.29) is 23.8 Å². The van der Waals surface area contributed by atoms with Crippen molar-refractivity contribution in [3.05, 3.63) is 107 Å². The van der Waals surface area contributed by atoms with Crippen LogP contribution in [0.2, 0.25) is 0 Å². The van der Waals surface area contributed by atoms with Crippen molar-refractivity contribution in [3.8, 4) is 11.1 Å². The average Bonchev–Trinajstić information content (AvgIpc) is 3.31. The van der Waals surface area contributed by atoms with E-state index >= 15 is 0 Å². The van der Waals surface area contributed by atoms with Crippen molar-refractivity contribution >= 4 is 28.4 Å². The number of carbonyl (C=O) groups excluding carboxylic acids is 1. The first-order valence-corrected chi connectivity index (χ1v) is 12.9. The Bertz CT molecular complexity index is 1700. The predicted molar refractivity (Wildman–Crippen MR) is 150 cm³/mol. The van der Waals surface area contributed by atoms with Crippen LogP contribution in [0.1, 0.15) is 34.8 Å². The van der Waals surface area contributed by atoms with Crippen LogP contribution in [-0.4, -0.2) is 36.7 Å². The maximum atomic E-state index is 13.0. The number of benzene rings is 2. The van der Waals surface area contributed by atoms with Crippen molar-refractivity contribution in [2.75, 3.05) is 17.7 Å². The Labute approximate surface area is 224 Å². The van der Waals surface area contributed by atoms with Gasteiger partial charge in [0.1, 0.15) is 23.4 Å². The van der Waals surface area contributed by atoms with Crippen LogP contribution < -0.4 is 16.6 Å². The smallest absolute Gasteiger partial charge is 0.263 e. The summed E-state index contributed by atoms with van der Waals surface area (Å²) in [6, 6.07) is 20.5. The molecule has 5 aromatic rings. The number of carbonyl (C=O) groups is 1. The highest BCUT2D eigenvalue weighted by molar-refractivity contribution is 6.04. The molecule has 3 heterocycles. The van der Waals surface area contributed by atoms with Gasteiger partial charge in [-0.05, 0) is 54.2 Å². The second-order valence-electron chi connectivity index (χ2n) is 9.95. The Kier molecular flexibility index (Phi) is 6.42. The minimum Gasteiger partial charge on any atom is -0.396 e. The molecule has 39 heavy (non-hydrogen) atoms. The highest BCUT2D eigenvalue weighted by Crippen LogP contribution is 2.42. The number of amides is 1. The molecule has 0 aliphatic heterocycles. The van der Waals surface area contributed by atoms with Crippen LogP contribution in [0.5, 0.6) is 0 Å². The zero-order chi connectivity index (χ0) is 26.9. The van der Waals surface area contributed by atoms with Crippen molar-refractivity contribution in [1.82, 2.24) is 19.1 Å². The molecule has 1 aliphatic rings. The summed E-state index contributed by atoms with van der Waals surface area (Å²) in [4.78, 5) is 34.7. The first-order valence-electron chi connectivity index (χ1n) is 12.9. The SMILES string of the molecule is Nc1ncnc2c1c(-c1ccc(NC(=O)c3cccn(Cc4ccccc4)c3=O)cc1)cn2C1CC(CO)C1. The molecular weight excluding hydrogens is 492 g/mol. The number of aromatic nitrogens is 4. The van der Waals surface area contributed by atoms with Gasteiger partial charge < -0.3 is 25.3 Å². The van der Waals surface area contributed by atoms with Gasteiger partial charge in [0.05, 0.1) is 11.9 Å². The molecule has 9 nitrogen and oxygen atoms in total. The number of hydrogen-bond acceptors (Lipinski definition) is 6. The van der Waals surface area contributed by atoms with E-state index in [1.807, 2.05) is 48.7 Å². The van der Waals surface area contributed by atoms with Crippen molar-refractivity contribution in [1.29, 1.82) is 0 Å². The molecule has 0 spiro atoms. The van der Waals surface area contributed by atoms with Gasteiger partial charge in [-0.3, -0.25) is 9.59 Å². The number of nitrogens with one attached hydrogen (secondary N) is 1. The Morgan fingerprint density at radius 3 is 2.54 bits per heavy atom. The van der Waals surface area contributed by atoms with Crippen LogP contribution in [0.15, 0.2) is 90.2 Å². The zero-order valence-corrected chi connectivity index (χ0v) is 21.2. The minimum absolute atomic E-state index is 0.0761. The number of rotatable bonds is 7. The van der Waals surface area contributed by atoms with Crippen LogP contribution in [0.25, 0.3) is 22.2 Å². The first kappa shape index (κ1) is 24.6. The third kappa shape index (κ3) is 4.68. The van der Waals surface area contributed by atoms with Crippen molar-refractivity contribution in [3.63, 3.8) is 0 Å². The molecule has 0 radical (unpaired) electrons. The van der Waals surface area contributed by atoms with Crippen LogP contribution in [0.3, 0.4) is 0 Å². The van der Waals surface area contributed by atoms with Gasteiger partial charge in [0.15, 0.2) is 0 Å². The van der Waals surface area contributed by atoms with Gasteiger partial charge in [-0.2, -0.15) is 0 Å². The average molecular weight is 521 g/mol. The Balaban J connectivity index is 1.24. The molecule has 0 bridgehead atoms. The molecule has 1 aliphatic carbocycles. The van der Waals surface area contributed by atoms with Crippen LogP contribution in [0, 0.1) is 5.92 Å². The summed E-state index contributed by atoms with van der Waals surface area (Å²) in [5.74, 6) is 0.248. The number of nitrogens with two attached hydrogens (primary N) is 1. The monoisotopic (exact) mass is 520 g/mol. The molecule has 1 saturated carbocycles. The van der Waals surface area contributed by atoms with Crippen molar-refractivity contribution in [2.45, 2.75) is 25.4 Å². The fraction of sp³-hybridized carbons (Fsp3) is 0.200. The number of nitrogens with zero attached hydrogens (tertiary/aromatic N) is 4. The van der Waals surface area contributed by atoms with Crippen molar-refractivity contribution < 1.29 is 9.90 Å². The largest absolute Gasteiger partial charge is 0.396 e. The number of aliphatic hydroxyl groups excluding tert-OH is 1. The predicted octanol–water partition coefficient (Wildman–Crippen LogP) is 4.09. The summed E-state index contributed by atoms with van der Waals surface area (Å²) in [6.07, 6.45) is 6.97. The van der Waals surface area contributed by atoms with E-state index in [0.29, 0.717) is 24.0 Å². The maximum absolute atomic E-state index is 13.0. The van der Waals surface area contributed by atoms with Gasteiger partial charge in [-0.1, -0.05) is 42.5 Å². The number of pyridine rings is 1. The summed E-state index contributed by atoms with van der Waals surface area (Å²) < 4.78 is 3.65. The molecule has 3 aromatic heterocycles. The summed E-state index contributed by atoms with van der Waals surface area (Å²) in [6.45, 7) is 0.578. The molecule has 0 saturated heterocycles. The van der Waals surface area contributed by atoms with E-state index in [4.69, 9.17) is 5.73 Å². The number of fused-ring (bicyclic) bond motifs is 1. The summed E-state index contributed by atoms with van der Waals surface area (Å²) >= 11 is 0. The number of aliphatic hydroxyl groups is 1. The van der Waals surface area contributed by atoms with Gasteiger partial charge in [-0.25, -0.2) is 9.97 Å². The molecule has 9 heteroatoms. The molecule has 2 aromatic carbocycles. The maximum Gasteiger partial charge on any atom is 0.263 e. The quantitative estimate of drug-likeness (QED) is 0.297. The second kappa shape index (κ2) is 10.2. The second-order valence-corrected chi connectivity index (χ2v) is 9.95. The molecule has 0 atom stereocenters. The number of hydrogen-bond donors (Lipinski definition) is 3. The van der Waals surface area contributed by atoms with E-state index in [1.165, 1.54) is 17.0 Å². The Hall–Kier alpha value is -4.76. The first-order chi connectivity index (χ1) is 19.0. The standard InChI is InChI=1S/C30H28N6O3/c31-27-26-25(16-36(28(26)33-18-32-27)23-13-20(14-23)17-37)21-8-10-22(11-9-21)34-29(38)24-7-4-12-35(30(24)39)15-19-5-2-1-3-6-19/h1-12,16,18,20,23,37H,13-15,17H2,(H,34,38)(H2,31,32,33). The van der Waals surface area contributed by atoms with E-state index in [1.54, 1.807) is 24.4 Å². The minimum atomic E-state index is -0.465. The third-order valence-electron chi connectivity index (χ3n) is 7.42. The van der Waals surface area contributed by atoms with Gasteiger partial charge in [0.25, 0.3) is 11.5 Å². The molecule has 1 fully saturated rings. The zero-order valence-electron chi connectivity index (χ0n) is 21.2. The lowest BCUT2D eigenvalue weighted by Crippen LogP contribution is -2.29. The molecule has 6 rings (SSSR count). The Morgan fingerprint density at radius 2 is 1.79 bits per heavy atom. The lowest BCUT2D eigenvalue weighted by atomic mass is 9.81. The third-order valence-corrected chi connectivity index (χ3v) is 7.42. The molecule has 4 N–H and O–H groups in total. The fourth-order valence-electron chi connectivity index (χ4n) is 5.23. The van der Waals surface area contributed by atoms with Crippen LogP contribution in [0.4, 0.5) is 11.5 Å². The highest BCUT2D eigenvalue weighted by Gasteiger charge is 2.32. The topological polar surface area (TPSA) is 128 Å². The molecule has 1 amide bonds. The van der Waals surface area contributed by atoms with Crippen LogP contribution in [-0.2, 0) is 6.54 Å². The summed E-state index contributed by atoms with van der Waals surface area (Å²) in [5.41, 5.74) is 10.1. The van der Waals surface area contributed by atoms with E-state index in [2.05, 4.69) is 19.9 Å². The summed E-state index contributed by atoms with van der Waals surface area (Å²) in [5, 5.41) is 13.1. The lowest BCUT2D eigenvalue weighted by Gasteiger charge is -2.35. The number of nitrogen functional groups attached to an aromatic ring is 1. The van der Waals surface area contributed by atoms with Gasteiger partial charge >= 0.3 is 0 Å². The van der Waals surface area contributed by atoms with Gasteiger partial charge in [0, 0.05) is 36.3 Å². The van der Waals surface area contributed by atoms with E-state index in [9.17, 15) is 14.7 Å². The lowest BCUT2D eigenvalue weighted by molar-refractivity contribution is 0.102. The van der Waals surface area contributed by atoms with Gasteiger partial charge in [0.2, 0.25) is 0 Å². The fourth-order valence-corrected chi connectivity index (χ4v) is 5.23. The Morgan fingerprint density at radius 1 is 1.03 bits per heavy atom. The molecular formula is C30H28N6O3. The van der Waals surface area contributed by atoms with Crippen LogP contribution >= 0.6 is 0 Å². The molecule has 196 valence electrons. The van der Waals surface area contributed by atoms with E-state index < -0.39 is 5.91 Å². The van der Waals surface area contributed by atoms with E-state index in [0.717, 1.165) is 40.6 Å². The number of anilines is 2. The van der Waals surface area contributed by atoms with Crippen molar-refractivity contribution in [2.24, 2.45) is 5.92 Å². The summed E-state index contributed by atoms with van der Waals surface area (Å²) in [7, 11) is 0. The normalized spacial score (nSPS) is 16.6. The van der Waals surface area contributed by atoms with Gasteiger partial charge in [-0.15, -0.1) is 0 Å². The highest BCUT2D eigenvalue weighted by atomic mass is 16.3.